The van der Waals surface area contributed by atoms with E-state index in [4.69, 9.17) is 0 Å². The first-order chi connectivity index (χ1) is 8.58. The summed E-state index contributed by atoms with van der Waals surface area (Å²) in [6, 6.07) is 0.555. The highest BCUT2D eigenvalue weighted by Gasteiger charge is 2.22. The molecular formula is C13H24N4O. The molecule has 0 aromatic heterocycles. The number of piperazine rings is 1. The van der Waals surface area contributed by atoms with Crippen molar-refractivity contribution in [2.24, 2.45) is 4.99 Å². The van der Waals surface area contributed by atoms with Gasteiger partial charge in [0.2, 0.25) is 5.91 Å². The fourth-order valence-electron chi connectivity index (χ4n) is 2.04. The van der Waals surface area contributed by atoms with E-state index in [0.717, 1.165) is 26.2 Å². The normalized spacial score (nSPS) is 17.4. The van der Waals surface area contributed by atoms with Crippen LogP contribution in [0.1, 0.15) is 13.8 Å². The number of hydrogen-bond acceptors (Lipinski definition) is 3. The van der Waals surface area contributed by atoms with E-state index in [1.807, 2.05) is 4.90 Å². The summed E-state index contributed by atoms with van der Waals surface area (Å²) in [5.41, 5.74) is 0. The Morgan fingerprint density at radius 3 is 2.44 bits per heavy atom. The minimum Gasteiger partial charge on any atom is -0.339 e. The maximum Gasteiger partial charge on any atom is 0.242 e. The van der Waals surface area contributed by atoms with Crippen molar-refractivity contribution in [3.05, 3.63) is 12.8 Å². The molecule has 1 aliphatic rings. The van der Waals surface area contributed by atoms with Crippen molar-refractivity contribution in [2.75, 3.05) is 39.8 Å². The molecule has 0 aromatic rings. The van der Waals surface area contributed by atoms with Crippen molar-refractivity contribution in [3.8, 4) is 0 Å². The highest BCUT2D eigenvalue weighted by atomic mass is 16.2. The Labute approximate surface area is 110 Å². The third kappa shape index (κ3) is 4.14. The van der Waals surface area contributed by atoms with Crippen LogP contribution in [0, 0.1) is 0 Å². The van der Waals surface area contributed by atoms with Gasteiger partial charge in [-0.05, 0) is 20.0 Å². The molecule has 0 atom stereocenters. The maximum atomic E-state index is 12.1. The molecule has 1 aliphatic heterocycles. The van der Waals surface area contributed by atoms with Crippen molar-refractivity contribution >= 4 is 12.2 Å². The Morgan fingerprint density at radius 2 is 2.00 bits per heavy atom. The van der Waals surface area contributed by atoms with Gasteiger partial charge in [-0.1, -0.05) is 6.58 Å². The van der Waals surface area contributed by atoms with Crippen molar-refractivity contribution < 1.29 is 4.79 Å². The predicted molar refractivity (Wildman–Crippen MR) is 74.6 cm³/mol. The summed E-state index contributed by atoms with van der Waals surface area (Å²) in [6.07, 6.45) is 3.24. The highest BCUT2D eigenvalue weighted by molar-refractivity contribution is 5.81. The predicted octanol–water partition coefficient (Wildman–Crippen LogP) is 0.643. The molecule has 5 nitrogen and oxygen atoms in total. The second kappa shape index (κ2) is 7.16. The fraction of sp³-hybridized carbons (Fsp3) is 0.692. The lowest BCUT2D eigenvalue weighted by molar-refractivity contribution is -0.133. The molecule has 1 rings (SSSR count). The van der Waals surface area contributed by atoms with Gasteiger partial charge in [-0.2, -0.15) is 0 Å². The van der Waals surface area contributed by atoms with Crippen LogP contribution < -0.4 is 0 Å². The minimum atomic E-state index is 0.137. The van der Waals surface area contributed by atoms with E-state index in [9.17, 15) is 4.79 Å². The molecule has 1 fully saturated rings. The Bertz CT molecular complexity index is 306. The van der Waals surface area contributed by atoms with Crippen LogP contribution in [0.2, 0.25) is 0 Å². The van der Waals surface area contributed by atoms with Gasteiger partial charge in [-0.3, -0.25) is 14.7 Å². The van der Waals surface area contributed by atoms with Crippen LogP contribution in [0.25, 0.3) is 0 Å². The third-order valence-corrected chi connectivity index (χ3v) is 3.21. The van der Waals surface area contributed by atoms with Crippen molar-refractivity contribution in [2.45, 2.75) is 19.9 Å². The molecule has 0 radical (unpaired) electrons. The van der Waals surface area contributed by atoms with Crippen LogP contribution >= 0.6 is 0 Å². The number of aliphatic imine (C=N–C) groups is 1. The Balaban J connectivity index is 2.42. The standard InChI is InChI=1S/C13H24N4O/c1-5-15(11-14-4)10-13(18)17-8-6-16(7-9-17)12(2)3/h5,11-12H,1,6-10H2,2-4H3. The topological polar surface area (TPSA) is 39.2 Å². The number of amides is 1. The third-order valence-electron chi connectivity index (χ3n) is 3.21. The average Bonchev–Trinajstić information content (AvgIpc) is 2.38. The zero-order chi connectivity index (χ0) is 13.5. The Kier molecular flexibility index (Phi) is 5.85. The summed E-state index contributed by atoms with van der Waals surface area (Å²) in [7, 11) is 1.68. The first-order valence-electron chi connectivity index (χ1n) is 6.41. The minimum absolute atomic E-state index is 0.137. The molecule has 0 unspecified atom stereocenters. The molecule has 0 aliphatic carbocycles. The molecule has 0 N–H and O–H groups in total. The summed E-state index contributed by atoms with van der Waals surface area (Å²) >= 11 is 0. The van der Waals surface area contributed by atoms with Crippen LogP contribution in [0.3, 0.4) is 0 Å². The zero-order valence-electron chi connectivity index (χ0n) is 11.7. The van der Waals surface area contributed by atoms with E-state index in [1.54, 1.807) is 24.5 Å². The van der Waals surface area contributed by atoms with Gasteiger partial charge in [-0.25, -0.2) is 0 Å². The second-order valence-electron chi connectivity index (χ2n) is 4.74. The molecule has 102 valence electrons. The first kappa shape index (κ1) is 14.7. The monoisotopic (exact) mass is 252 g/mol. The van der Waals surface area contributed by atoms with Gasteiger partial charge in [-0.15, -0.1) is 0 Å². The molecular weight excluding hydrogens is 228 g/mol. The van der Waals surface area contributed by atoms with E-state index in [1.165, 1.54) is 0 Å². The molecule has 0 bridgehead atoms. The van der Waals surface area contributed by atoms with Gasteiger partial charge in [0.15, 0.2) is 0 Å². The quantitative estimate of drug-likeness (QED) is 0.532. The number of carbonyl (C=O) groups is 1. The first-order valence-corrected chi connectivity index (χ1v) is 6.41. The molecule has 1 amide bonds. The Morgan fingerprint density at radius 1 is 1.39 bits per heavy atom. The number of nitrogens with zero attached hydrogens (tertiary/aromatic N) is 4. The maximum absolute atomic E-state index is 12.1. The number of carbonyl (C=O) groups excluding carboxylic acids is 1. The van der Waals surface area contributed by atoms with Crippen LogP contribution in [-0.4, -0.2) is 72.8 Å². The SMILES string of the molecule is C=CN(C=NC)CC(=O)N1CCN(C(C)C)CC1. The van der Waals surface area contributed by atoms with Crippen molar-refractivity contribution in [1.29, 1.82) is 0 Å². The largest absolute Gasteiger partial charge is 0.339 e. The van der Waals surface area contributed by atoms with Crippen molar-refractivity contribution in [3.63, 3.8) is 0 Å². The van der Waals surface area contributed by atoms with Gasteiger partial charge >= 0.3 is 0 Å². The van der Waals surface area contributed by atoms with Gasteiger partial charge < -0.3 is 9.80 Å². The molecule has 0 saturated carbocycles. The average molecular weight is 252 g/mol. The van der Waals surface area contributed by atoms with Crippen LogP contribution in [-0.2, 0) is 4.79 Å². The summed E-state index contributed by atoms with van der Waals surface area (Å²) < 4.78 is 0. The number of hydrogen-bond donors (Lipinski definition) is 0. The zero-order valence-corrected chi connectivity index (χ0v) is 11.7. The lowest BCUT2D eigenvalue weighted by Crippen LogP contribution is -2.52. The van der Waals surface area contributed by atoms with Gasteiger partial charge in [0.05, 0.1) is 6.34 Å². The highest BCUT2D eigenvalue weighted by Crippen LogP contribution is 2.06. The van der Waals surface area contributed by atoms with E-state index in [0.29, 0.717) is 12.6 Å². The van der Waals surface area contributed by atoms with Crippen LogP contribution in [0.15, 0.2) is 17.8 Å². The van der Waals surface area contributed by atoms with Gasteiger partial charge in [0.25, 0.3) is 0 Å². The lowest BCUT2D eigenvalue weighted by Gasteiger charge is -2.37. The fourth-order valence-corrected chi connectivity index (χ4v) is 2.04. The molecule has 0 spiro atoms. The van der Waals surface area contributed by atoms with E-state index in [-0.39, 0.29) is 5.91 Å². The number of rotatable bonds is 5. The summed E-state index contributed by atoms with van der Waals surface area (Å²) in [6.45, 7) is 11.9. The van der Waals surface area contributed by atoms with Crippen LogP contribution in [0.5, 0.6) is 0 Å². The summed E-state index contributed by atoms with van der Waals surface area (Å²) in [5, 5.41) is 0. The molecule has 5 heteroatoms. The summed E-state index contributed by atoms with van der Waals surface area (Å²) in [5.74, 6) is 0.137. The van der Waals surface area contributed by atoms with Crippen LogP contribution in [0.4, 0.5) is 0 Å². The van der Waals surface area contributed by atoms with E-state index in [2.05, 4.69) is 30.3 Å². The van der Waals surface area contributed by atoms with Gasteiger partial charge in [0.1, 0.15) is 6.54 Å². The smallest absolute Gasteiger partial charge is 0.242 e. The van der Waals surface area contributed by atoms with E-state index >= 15 is 0 Å². The Hall–Kier alpha value is -1.36. The summed E-state index contributed by atoms with van der Waals surface area (Å²) in [4.78, 5) is 22.0. The lowest BCUT2D eigenvalue weighted by atomic mass is 10.2. The second-order valence-corrected chi connectivity index (χ2v) is 4.74. The molecule has 0 aromatic carbocycles. The molecule has 18 heavy (non-hydrogen) atoms. The van der Waals surface area contributed by atoms with Crippen molar-refractivity contribution in [1.82, 2.24) is 14.7 Å². The van der Waals surface area contributed by atoms with E-state index < -0.39 is 0 Å². The molecule has 1 heterocycles. The van der Waals surface area contributed by atoms with Gasteiger partial charge in [0, 0.05) is 39.3 Å². The molecule has 1 saturated heterocycles.